The minimum Gasteiger partial charge on any atom is -0.497 e. The van der Waals surface area contributed by atoms with Gasteiger partial charge in [-0.15, -0.1) is 0 Å². The van der Waals surface area contributed by atoms with E-state index in [1.807, 2.05) is 18.3 Å². The van der Waals surface area contributed by atoms with Gasteiger partial charge in [0, 0.05) is 11.6 Å². The molecule has 0 unspecified atom stereocenters. The maximum absolute atomic E-state index is 5.18. The van der Waals surface area contributed by atoms with E-state index in [1.54, 1.807) is 7.11 Å². The van der Waals surface area contributed by atoms with Gasteiger partial charge in [0.15, 0.2) is 0 Å². The molecular formula is C11H13NO. The maximum atomic E-state index is 5.18. The molecule has 1 aliphatic heterocycles. The lowest BCUT2D eigenvalue weighted by molar-refractivity contribution is 0.414. The van der Waals surface area contributed by atoms with Gasteiger partial charge in [-0.3, -0.25) is 4.99 Å². The van der Waals surface area contributed by atoms with Gasteiger partial charge in [-0.2, -0.15) is 0 Å². The minimum atomic E-state index is 0.0455. The third kappa shape index (κ3) is 1.22. The number of aliphatic imine (C=N–C) groups is 1. The Morgan fingerprint density at radius 3 is 2.77 bits per heavy atom. The van der Waals surface area contributed by atoms with Crippen molar-refractivity contribution in [3.63, 3.8) is 0 Å². The molecule has 0 fully saturated rings. The molecule has 0 aromatic heterocycles. The highest BCUT2D eigenvalue weighted by Crippen LogP contribution is 2.38. The Labute approximate surface area is 78.3 Å². The van der Waals surface area contributed by atoms with Crippen LogP contribution in [0.4, 0.5) is 5.69 Å². The molecule has 0 N–H and O–H groups in total. The molecule has 1 aliphatic rings. The molecule has 1 heterocycles. The lowest BCUT2D eigenvalue weighted by Gasteiger charge is -2.16. The van der Waals surface area contributed by atoms with Gasteiger partial charge in [0.1, 0.15) is 5.75 Å². The Balaban J connectivity index is 2.54. The molecule has 2 nitrogen and oxygen atoms in total. The highest BCUT2D eigenvalue weighted by Gasteiger charge is 2.26. The summed E-state index contributed by atoms with van der Waals surface area (Å²) in [6, 6.07) is 6.00. The summed E-state index contributed by atoms with van der Waals surface area (Å²) in [6.45, 7) is 4.31. The predicted molar refractivity (Wildman–Crippen MR) is 54.2 cm³/mol. The van der Waals surface area contributed by atoms with E-state index in [-0.39, 0.29) is 5.41 Å². The molecule has 13 heavy (non-hydrogen) atoms. The fraction of sp³-hybridized carbons (Fsp3) is 0.364. The van der Waals surface area contributed by atoms with Crippen LogP contribution in [0.25, 0.3) is 0 Å². The summed E-state index contributed by atoms with van der Waals surface area (Å²) in [6.07, 6.45) is 1.98. The van der Waals surface area contributed by atoms with Crippen molar-refractivity contribution in [3.05, 3.63) is 23.8 Å². The van der Waals surface area contributed by atoms with E-state index in [0.717, 1.165) is 11.4 Å². The lowest BCUT2D eigenvalue weighted by atomic mass is 9.87. The first kappa shape index (κ1) is 8.30. The van der Waals surface area contributed by atoms with E-state index in [0.29, 0.717) is 0 Å². The number of ether oxygens (including phenoxy) is 1. The van der Waals surface area contributed by atoms with Crippen LogP contribution in [-0.4, -0.2) is 13.3 Å². The quantitative estimate of drug-likeness (QED) is 0.643. The first-order valence-electron chi connectivity index (χ1n) is 4.37. The van der Waals surface area contributed by atoms with Gasteiger partial charge in [0.25, 0.3) is 0 Å². The van der Waals surface area contributed by atoms with Gasteiger partial charge in [-0.1, -0.05) is 13.8 Å². The van der Waals surface area contributed by atoms with Crippen LogP contribution in [0.2, 0.25) is 0 Å². The van der Waals surface area contributed by atoms with Crippen molar-refractivity contribution in [3.8, 4) is 5.75 Å². The monoisotopic (exact) mass is 175 g/mol. The van der Waals surface area contributed by atoms with Crippen molar-refractivity contribution in [2.45, 2.75) is 19.3 Å². The summed E-state index contributed by atoms with van der Waals surface area (Å²) in [5.74, 6) is 0.900. The second-order valence-electron chi connectivity index (χ2n) is 3.86. The predicted octanol–water partition coefficient (Wildman–Crippen LogP) is 2.69. The summed E-state index contributed by atoms with van der Waals surface area (Å²) in [7, 11) is 1.69. The van der Waals surface area contributed by atoms with E-state index < -0.39 is 0 Å². The molecule has 0 aliphatic carbocycles. The van der Waals surface area contributed by atoms with Gasteiger partial charge < -0.3 is 4.74 Å². The van der Waals surface area contributed by atoms with Gasteiger partial charge in [-0.25, -0.2) is 0 Å². The SMILES string of the molecule is COc1ccc2c(c1)C(C)(C)C=N2. The average molecular weight is 175 g/mol. The first-order chi connectivity index (χ1) is 6.13. The zero-order valence-corrected chi connectivity index (χ0v) is 8.16. The zero-order valence-electron chi connectivity index (χ0n) is 8.16. The molecule has 68 valence electrons. The summed E-state index contributed by atoms with van der Waals surface area (Å²) in [4.78, 5) is 4.35. The van der Waals surface area contributed by atoms with Gasteiger partial charge in [0.05, 0.1) is 12.8 Å². The van der Waals surface area contributed by atoms with Crippen LogP contribution in [0.5, 0.6) is 5.75 Å². The van der Waals surface area contributed by atoms with Gasteiger partial charge >= 0.3 is 0 Å². The second kappa shape index (κ2) is 2.59. The first-order valence-corrected chi connectivity index (χ1v) is 4.37. The molecule has 0 saturated heterocycles. The van der Waals surface area contributed by atoms with Crippen molar-refractivity contribution in [2.75, 3.05) is 7.11 Å². The highest BCUT2D eigenvalue weighted by molar-refractivity contribution is 5.84. The summed E-state index contributed by atoms with van der Waals surface area (Å²) in [5, 5.41) is 0. The number of rotatable bonds is 1. The Morgan fingerprint density at radius 1 is 1.31 bits per heavy atom. The molecule has 0 saturated carbocycles. The standard InChI is InChI=1S/C11H13NO/c1-11(2)7-12-10-5-4-8(13-3)6-9(10)11/h4-7H,1-3H3. The molecule has 0 atom stereocenters. The van der Waals surface area contributed by atoms with Crippen molar-refractivity contribution >= 4 is 11.9 Å². The Morgan fingerprint density at radius 2 is 2.08 bits per heavy atom. The van der Waals surface area contributed by atoms with Crippen molar-refractivity contribution < 1.29 is 4.74 Å². The zero-order chi connectivity index (χ0) is 9.47. The van der Waals surface area contributed by atoms with Crippen LogP contribution in [0.3, 0.4) is 0 Å². The molecule has 0 amide bonds. The number of methoxy groups -OCH3 is 1. The molecule has 0 spiro atoms. The molecule has 2 rings (SSSR count). The van der Waals surface area contributed by atoms with Crippen molar-refractivity contribution in [2.24, 2.45) is 4.99 Å². The van der Waals surface area contributed by atoms with Crippen LogP contribution in [0.1, 0.15) is 19.4 Å². The molecule has 2 heteroatoms. The Hall–Kier alpha value is -1.31. The van der Waals surface area contributed by atoms with Crippen LogP contribution >= 0.6 is 0 Å². The third-order valence-corrected chi connectivity index (χ3v) is 2.42. The van der Waals surface area contributed by atoms with Gasteiger partial charge in [0.2, 0.25) is 0 Å². The second-order valence-corrected chi connectivity index (χ2v) is 3.86. The number of benzene rings is 1. The van der Waals surface area contributed by atoms with Crippen LogP contribution in [-0.2, 0) is 5.41 Å². The summed E-state index contributed by atoms with van der Waals surface area (Å²) >= 11 is 0. The van der Waals surface area contributed by atoms with Crippen LogP contribution in [0, 0.1) is 0 Å². The van der Waals surface area contributed by atoms with E-state index >= 15 is 0 Å². The van der Waals surface area contributed by atoms with E-state index in [9.17, 15) is 0 Å². The average Bonchev–Trinajstić information content (AvgIpc) is 2.42. The largest absolute Gasteiger partial charge is 0.497 e. The van der Waals surface area contributed by atoms with Gasteiger partial charge in [-0.05, 0) is 23.8 Å². The fourth-order valence-corrected chi connectivity index (χ4v) is 1.57. The van der Waals surface area contributed by atoms with Crippen LogP contribution < -0.4 is 4.74 Å². The number of hydrogen-bond acceptors (Lipinski definition) is 2. The van der Waals surface area contributed by atoms with Crippen molar-refractivity contribution in [1.82, 2.24) is 0 Å². The molecule has 1 aromatic carbocycles. The fourth-order valence-electron chi connectivity index (χ4n) is 1.57. The minimum absolute atomic E-state index is 0.0455. The number of hydrogen-bond donors (Lipinski definition) is 0. The Bertz CT molecular complexity index is 366. The topological polar surface area (TPSA) is 21.6 Å². The highest BCUT2D eigenvalue weighted by atomic mass is 16.5. The molecule has 1 aromatic rings. The van der Waals surface area contributed by atoms with E-state index in [4.69, 9.17) is 4.74 Å². The van der Waals surface area contributed by atoms with Crippen molar-refractivity contribution in [1.29, 1.82) is 0 Å². The summed E-state index contributed by atoms with van der Waals surface area (Å²) < 4.78 is 5.18. The number of nitrogens with zero attached hydrogens (tertiary/aromatic N) is 1. The number of fused-ring (bicyclic) bond motifs is 1. The Kier molecular flexibility index (Phi) is 1.65. The summed E-state index contributed by atoms with van der Waals surface area (Å²) in [5.41, 5.74) is 2.35. The normalized spacial score (nSPS) is 17.2. The lowest BCUT2D eigenvalue weighted by Crippen LogP contribution is -2.14. The molecular weight excluding hydrogens is 162 g/mol. The van der Waals surface area contributed by atoms with E-state index in [1.165, 1.54) is 5.56 Å². The van der Waals surface area contributed by atoms with E-state index in [2.05, 4.69) is 24.9 Å². The third-order valence-electron chi connectivity index (χ3n) is 2.42. The molecule has 0 bridgehead atoms. The maximum Gasteiger partial charge on any atom is 0.119 e. The smallest absolute Gasteiger partial charge is 0.119 e. The molecule has 0 radical (unpaired) electrons. The van der Waals surface area contributed by atoms with Crippen LogP contribution in [0.15, 0.2) is 23.2 Å².